The van der Waals surface area contributed by atoms with Gasteiger partial charge in [-0.1, -0.05) is 0 Å². The number of amides is 1. The zero-order valence-electron chi connectivity index (χ0n) is 8.77. The molecule has 0 saturated carbocycles. The standard InChI is InChI=1S/C10H16N2O3/c1-6-8(2-3-11-6)9(13)12-4-7(5-12)10(14)15/h6-8,11H,2-5H2,1H3,(H,14,15). The van der Waals surface area contributed by atoms with Crippen molar-refractivity contribution < 1.29 is 14.7 Å². The Balaban J connectivity index is 1.86. The monoisotopic (exact) mass is 212 g/mol. The molecular formula is C10H16N2O3. The van der Waals surface area contributed by atoms with Gasteiger partial charge in [-0.2, -0.15) is 0 Å². The van der Waals surface area contributed by atoms with E-state index in [-0.39, 0.29) is 23.8 Å². The number of aliphatic carboxylic acids is 1. The Morgan fingerprint density at radius 1 is 1.40 bits per heavy atom. The first-order valence-corrected chi connectivity index (χ1v) is 5.34. The number of nitrogens with zero attached hydrogens (tertiary/aromatic N) is 1. The molecule has 2 aliphatic heterocycles. The molecule has 1 amide bonds. The predicted octanol–water partition coefficient (Wildman–Crippen LogP) is -0.473. The molecule has 84 valence electrons. The van der Waals surface area contributed by atoms with Crippen molar-refractivity contribution in [3.05, 3.63) is 0 Å². The molecule has 2 aliphatic rings. The average molecular weight is 212 g/mol. The normalized spacial score (nSPS) is 31.4. The summed E-state index contributed by atoms with van der Waals surface area (Å²) < 4.78 is 0. The lowest BCUT2D eigenvalue weighted by Gasteiger charge is -2.38. The third-order valence-corrected chi connectivity index (χ3v) is 3.38. The van der Waals surface area contributed by atoms with Gasteiger partial charge < -0.3 is 15.3 Å². The van der Waals surface area contributed by atoms with E-state index in [0.717, 1.165) is 13.0 Å². The molecule has 2 atom stereocenters. The maximum Gasteiger partial charge on any atom is 0.310 e. The molecule has 5 nitrogen and oxygen atoms in total. The number of carbonyl (C=O) groups excluding carboxylic acids is 1. The summed E-state index contributed by atoms with van der Waals surface area (Å²) in [5, 5.41) is 11.9. The smallest absolute Gasteiger partial charge is 0.310 e. The van der Waals surface area contributed by atoms with Crippen LogP contribution in [-0.2, 0) is 9.59 Å². The Hall–Kier alpha value is -1.10. The molecule has 2 N–H and O–H groups in total. The van der Waals surface area contributed by atoms with E-state index < -0.39 is 5.97 Å². The van der Waals surface area contributed by atoms with Crippen LogP contribution in [0.5, 0.6) is 0 Å². The van der Waals surface area contributed by atoms with Gasteiger partial charge in [-0.05, 0) is 19.9 Å². The van der Waals surface area contributed by atoms with Gasteiger partial charge >= 0.3 is 5.97 Å². The number of rotatable bonds is 2. The molecular weight excluding hydrogens is 196 g/mol. The summed E-state index contributed by atoms with van der Waals surface area (Å²) in [5.74, 6) is -0.986. The second-order valence-corrected chi connectivity index (χ2v) is 4.42. The predicted molar refractivity (Wildman–Crippen MR) is 53.3 cm³/mol. The number of nitrogens with one attached hydrogen (secondary N) is 1. The summed E-state index contributed by atoms with van der Waals surface area (Å²) in [7, 11) is 0. The van der Waals surface area contributed by atoms with Gasteiger partial charge in [-0.15, -0.1) is 0 Å². The largest absolute Gasteiger partial charge is 0.481 e. The quantitative estimate of drug-likeness (QED) is 0.649. The van der Waals surface area contributed by atoms with Crippen molar-refractivity contribution in [1.82, 2.24) is 10.2 Å². The highest BCUT2D eigenvalue weighted by molar-refractivity contribution is 5.83. The van der Waals surface area contributed by atoms with Gasteiger partial charge in [0, 0.05) is 19.1 Å². The molecule has 2 rings (SSSR count). The molecule has 0 aromatic heterocycles. The summed E-state index contributed by atoms with van der Waals surface area (Å²) in [6, 6.07) is 0.223. The molecule has 2 unspecified atom stereocenters. The molecule has 0 aromatic rings. The van der Waals surface area contributed by atoms with Crippen LogP contribution in [0.4, 0.5) is 0 Å². The van der Waals surface area contributed by atoms with Gasteiger partial charge in [-0.3, -0.25) is 9.59 Å². The van der Waals surface area contributed by atoms with E-state index in [0.29, 0.717) is 13.1 Å². The molecule has 2 saturated heterocycles. The van der Waals surface area contributed by atoms with Crippen LogP contribution < -0.4 is 5.32 Å². The van der Waals surface area contributed by atoms with Crippen LogP contribution >= 0.6 is 0 Å². The lowest BCUT2D eigenvalue weighted by molar-refractivity contribution is -0.154. The van der Waals surface area contributed by atoms with Gasteiger partial charge in [0.05, 0.1) is 11.8 Å². The first kappa shape index (κ1) is 10.4. The first-order chi connectivity index (χ1) is 7.09. The molecule has 0 bridgehead atoms. The second kappa shape index (κ2) is 3.81. The minimum Gasteiger partial charge on any atom is -0.481 e. The number of hydrogen-bond donors (Lipinski definition) is 2. The van der Waals surface area contributed by atoms with Crippen molar-refractivity contribution in [2.24, 2.45) is 11.8 Å². The van der Waals surface area contributed by atoms with E-state index in [1.54, 1.807) is 4.90 Å². The van der Waals surface area contributed by atoms with Crippen LogP contribution in [-0.4, -0.2) is 47.6 Å². The third-order valence-electron chi connectivity index (χ3n) is 3.38. The van der Waals surface area contributed by atoms with Crippen molar-refractivity contribution in [3.63, 3.8) is 0 Å². The zero-order chi connectivity index (χ0) is 11.0. The van der Waals surface area contributed by atoms with Crippen molar-refractivity contribution >= 4 is 11.9 Å². The van der Waals surface area contributed by atoms with Crippen molar-refractivity contribution in [2.45, 2.75) is 19.4 Å². The number of carboxylic acid groups (broad SMARTS) is 1. The molecule has 2 fully saturated rings. The van der Waals surface area contributed by atoms with Gasteiger partial charge in [0.15, 0.2) is 0 Å². The summed E-state index contributed by atoms with van der Waals surface area (Å²) in [5.41, 5.74) is 0. The highest BCUT2D eigenvalue weighted by Crippen LogP contribution is 2.23. The molecule has 15 heavy (non-hydrogen) atoms. The molecule has 5 heteroatoms. The summed E-state index contributed by atoms with van der Waals surface area (Å²) in [4.78, 5) is 24.1. The van der Waals surface area contributed by atoms with E-state index in [1.807, 2.05) is 6.92 Å². The van der Waals surface area contributed by atoms with Crippen molar-refractivity contribution in [3.8, 4) is 0 Å². The summed E-state index contributed by atoms with van der Waals surface area (Å²) >= 11 is 0. The van der Waals surface area contributed by atoms with Gasteiger partial charge in [0.1, 0.15) is 0 Å². The zero-order valence-corrected chi connectivity index (χ0v) is 8.77. The number of likely N-dealkylation sites (tertiary alicyclic amines) is 1. The number of carboxylic acids is 1. The average Bonchev–Trinajstić information content (AvgIpc) is 2.47. The van der Waals surface area contributed by atoms with Crippen molar-refractivity contribution in [2.75, 3.05) is 19.6 Å². The fourth-order valence-electron chi connectivity index (χ4n) is 2.25. The van der Waals surface area contributed by atoms with Gasteiger partial charge in [-0.25, -0.2) is 0 Å². The highest BCUT2D eigenvalue weighted by atomic mass is 16.4. The molecule has 0 aliphatic carbocycles. The Labute approximate surface area is 88.4 Å². The van der Waals surface area contributed by atoms with Gasteiger partial charge in [0.2, 0.25) is 5.91 Å². The minimum atomic E-state index is -0.795. The third kappa shape index (κ3) is 1.84. The first-order valence-electron chi connectivity index (χ1n) is 5.34. The van der Waals surface area contributed by atoms with Crippen LogP contribution in [0.2, 0.25) is 0 Å². The molecule has 0 aromatic carbocycles. The Kier molecular flexibility index (Phi) is 2.65. The Morgan fingerprint density at radius 2 is 2.07 bits per heavy atom. The van der Waals surface area contributed by atoms with E-state index >= 15 is 0 Å². The summed E-state index contributed by atoms with van der Waals surface area (Å²) in [6.07, 6.45) is 0.869. The Morgan fingerprint density at radius 3 is 2.53 bits per heavy atom. The highest BCUT2D eigenvalue weighted by Gasteiger charge is 2.40. The fraction of sp³-hybridized carbons (Fsp3) is 0.800. The lowest BCUT2D eigenvalue weighted by Crippen LogP contribution is -2.55. The minimum absolute atomic E-state index is 0.0414. The second-order valence-electron chi connectivity index (χ2n) is 4.42. The van der Waals surface area contributed by atoms with Crippen LogP contribution in [0.3, 0.4) is 0 Å². The SMILES string of the molecule is CC1NCCC1C(=O)N1CC(C(=O)O)C1. The lowest BCUT2D eigenvalue weighted by atomic mass is 9.94. The van der Waals surface area contributed by atoms with Crippen LogP contribution in [0.15, 0.2) is 0 Å². The van der Waals surface area contributed by atoms with E-state index in [9.17, 15) is 9.59 Å². The van der Waals surface area contributed by atoms with Crippen LogP contribution in [0, 0.1) is 11.8 Å². The fourth-order valence-corrected chi connectivity index (χ4v) is 2.25. The summed E-state index contributed by atoms with van der Waals surface area (Å²) in [6.45, 7) is 3.66. The number of carbonyl (C=O) groups is 2. The van der Waals surface area contributed by atoms with Gasteiger partial charge in [0.25, 0.3) is 0 Å². The maximum absolute atomic E-state index is 11.9. The molecule has 0 radical (unpaired) electrons. The van der Waals surface area contributed by atoms with Crippen LogP contribution in [0.1, 0.15) is 13.3 Å². The Bertz CT molecular complexity index is 286. The van der Waals surface area contributed by atoms with E-state index in [2.05, 4.69) is 5.32 Å². The van der Waals surface area contributed by atoms with Crippen LogP contribution in [0.25, 0.3) is 0 Å². The van der Waals surface area contributed by atoms with Crippen molar-refractivity contribution in [1.29, 1.82) is 0 Å². The number of hydrogen-bond acceptors (Lipinski definition) is 3. The maximum atomic E-state index is 11.9. The molecule has 0 spiro atoms. The molecule has 2 heterocycles. The van der Waals surface area contributed by atoms with E-state index in [1.165, 1.54) is 0 Å². The van der Waals surface area contributed by atoms with E-state index in [4.69, 9.17) is 5.11 Å². The topological polar surface area (TPSA) is 69.6 Å².